The molecule has 2 N–H and O–H groups in total. The maximum absolute atomic E-state index is 11.5. The number of carbonyl (C=O) groups excluding carboxylic acids is 2. The summed E-state index contributed by atoms with van der Waals surface area (Å²) in [5.74, 6) is 0.839. The van der Waals surface area contributed by atoms with Gasteiger partial charge in [0.15, 0.2) is 5.52 Å². The molecule has 4 heterocycles. The molecule has 2 aliphatic rings. The second-order valence-electron chi connectivity index (χ2n) is 8.57. The monoisotopic (exact) mass is 462 g/mol. The average Bonchev–Trinajstić information content (AvgIpc) is 2.82. The molecule has 176 valence electrons. The molecular formula is C24H26N6O4. The zero-order chi connectivity index (χ0) is 23.7. The molecule has 10 heteroatoms. The summed E-state index contributed by atoms with van der Waals surface area (Å²) in [4.78, 5) is 39.9. The Balaban J connectivity index is 1.34. The molecule has 0 aliphatic carbocycles. The van der Waals surface area contributed by atoms with Gasteiger partial charge in [-0.3, -0.25) is 9.78 Å². The molecule has 2 fully saturated rings. The van der Waals surface area contributed by atoms with Crippen molar-refractivity contribution >= 4 is 23.0 Å². The van der Waals surface area contributed by atoms with Gasteiger partial charge >= 0.3 is 6.03 Å². The van der Waals surface area contributed by atoms with Gasteiger partial charge in [-0.15, -0.1) is 0 Å². The Morgan fingerprint density at radius 2 is 1.88 bits per heavy atom. The summed E-state index contributed by atoms with van der Waals surface area (Å²) in [5, 5.41) is 0. The van der Waals surface area contributed by atoms with Crippen molar-refractivity contribution in [1.82, 2.24) is 24.8 Å². The number of carbonyl (C=O) groups is 2. The molecule has 1 aromatic carbocycles. The maximum Gasteiger partial charge on any atom is 0.314 e. The fourth-order valence-electron chi connectivity index (χ4n) is 4.26. The van der Waals surface area contributed by atoms with Crippen molar-refractivity contribution in [3.8, 4) is 17.1 Å². The highest BCUT2D eigenvalue weighted by molar-refractivity contribution is 5.83. The molecule has 2 saturated heterocycles. The van der Waals surface area contributed by atoms with Crippen LogP contribution in [0.2, 0.25) is 0 Å². The SMILES string of the molecule is CC(=O)N1CC(c2ccc(-c3cc4nccnc4c(OC[C@@H]4CN(C(N)=O)CCO4)n3)cc2)C1. The van der Waals surface area contributed by atoms with Gasteiger partial charge in [0.1, 0.15) is 12.7 Å². The lowest BCUT2D eigenvalue weighted by atomic mass is 9.90. The van der Waals surface area contributed by atoms with E-state index in [1.807, 2.05) is 23.1 Å². The first-order valence-corrected chi connectivity index (χ1v) is 11.2. The van der Waals surface area contributed by atoms with E-state index in [4.69, 9.17) is 20.2 Å². The number of amides is 3. The quantitative estimate of drug-likeness (QED) is 0.613. The summed E-state index contributed by atoms with van der Waals surface area (Å²) < 4.78 is 11.7. The smallest absolute Gasteiger partial charge is 0.314 e. The van der Waals surface area contributed by atoms with Crippen molar-refractivity contribution in [2.75, 3.05) is 39.4 Å². The largest absolute Gasteiger partial charge is 0.473 e. The highest BCUT2D eigenvalue weighted by atomic mass is 16.5. The number of urea groups is 1. The molecule has 0 saturated carbocycles. The standard InChI is InChI=1S/C24H26N6O4/c1-15(31)30-11-18(12-30)16-2-4-17(5-3-16)20-10-21-22(27-7-6-26-21)23(28-20)34-14-19-13-29(24(25)32)8-9-33-19/h2-7,10,18-19H,8-9,11-14H2,1H3,(H2,25,32)/t19-/m0/s1. The van der Waals surface area contributed by atoms with Crippen LogP contribution in [0.4, 0.5) is 4.79 Å². The number of ether oxygens (including phenoxy) is 2. The van der Waals surface area contributed by atoms with Gasteiger partial charge in [0.2, 0.25) is 11.8 Å². The first-order chi connectivity index (χ1) is 16.5. The van der Waals surface area contributed by atoms with Crippen molar-refractivity contribution in [2.24, 2.45) is 5.73 Å². The summed E-state index contributed by atoms with van der Waals surface area (Å²) >= 11 is 0. The van der Waals surface area contributed by atoms with Crippen LogP contribution in [-0.4, -0.2) is 82.2 Å². The van der Waals surface area contributed by atoms with E-state index >= 15 is 0 Å². The molecule has 2 aliphatic heterocycles. The zero-order valence-corrected chi connectivity index (χ0v) is 18.9. The number of benzene rings is 1. The number of nitrogens with zero attached hydrogens (tertiary/aromatic N) is 5. The number of morpholine rings is 1. The summed E-state index contributed by atoms with van der Waals surface area (Å²) in [6, 6.07) is 9.62. The van der Waals surface area contributed by atoms with Crippen molar-refractivity contribution in [2.45, 2.75) is 18.9 Å². The van der Waals surface area contributed by atoms with Crippen LogP contribution < -0.4 is 10.5 Å². The van der Waals surface area contributed by atoms with Gasteiger partial charge in [-0.1, -0.05) is 24.3 Å². The second-order valence-corrected chi connectivity index (χ2v) is 8.57. The van der Waals surface area contributed by atoms with Crippen LogP contribution in [0.25, 0.3) is 22.3 Å². The molecule has 0 unspecified atom stereocenters. The van der Waals surface area contributed by atoms with E-state index in [-0.39, 0.29) is 18.6 Å². The van der Waals surface area contributed by atoms with E-state index in [1.165, 1.54) is 5.56 Å². The lowest BCUT2D eigenvalue weighted by Crippen LogP contribution is -2.49. The molecule has 2 aromatic heterocycles. The van der Waals surface area contributed by atoms with Crippen LogP contribution in [0.5, 0.6) is 5.88 Å². The van der Waals surface area contributed by atoms with Crippen molar-refractivity contribution < 1.29 is 19.1 Å². The molecule has 5 rings (SSSR count). The number of rotatable bonds is 5. The fraction of sp³-hybridized carbons (Fsp3) is 0.375. The normalized spacial score (nSPS) is 18.6. The second kappa shape index (κ2) is 9.22. The Kier molecular flexibility index (Phi) is 5.97. The van der Waals surface area contributed by atoms with Crippen molar-refractivity contribution in [1.29, 1.82) is 0 Å². The van der Waals surface area contributed by atoms with E-state index in [9.17, 15) is 9.59 Å². The Labute approximate surface area is 196 Å². The van der Waals surface area contributed by atoms with Crippen LogP contribution in [0.3, 0.4) is 0 Å². The molecule has 3 aromatic rings. The predicted octanol–water partition coefficient (Wildman–Crippen LogP) is 1.80. The fourth-order valence-corrected chi connectivity index (χ4v) is 4.26. The van der Waals surface area contributed by atoms with Gasteiger partial charge in [-0.25, -0.2) is 14.8 Å². The van der Waals surface area contributed by atoms with Gasteiger partial charge in [0, 0.05) is 50.4 Å². The highest BCUT2D eigenvalue weighted by Crippen LogP contribution is 2.31. The summed E-state index contributed by atoms with van der Waals surface area (Å²) in [6.07, 6.45) is 2.92. The maximum atomic E-state index is 11.5. The third kappa shape index (κ3) is 4.49. The van der Waals surface area contributed by atoms with E-state index in [0.29, 0.717) is 42.5 Å². The number of hydrogen-bond donors (Lipinski definition) is 1. The van der Waals surface area contributed by atoms with Gasteiger partial charge in [0.05, 0.1) is 24.4 Å². The van der Waals surface area contributed by atoms with Crippen molar-refractivity contribution in [3.05, 3.63) is 48.3 Å². The van der Waals surface area contributed by atoms with Crippen LogP contribution in [0.1, 0.15) is 18.4 Å². The van der Waals surface area contributed by atoms with E-state index in [0.717, 1.165) is 24.3 Å². The number of pyridine rings is 1. The molecule has 0 bridgehead atoms. The Bertz CT molecular complexity index is 1210. The summed E-state index contributed by atoms with van der Waals surface area (Å²) in [7, 11) is 0. The first kappa shape index (κ1) is 22.0. The molecule has 3 amide bonds. The highest BCUT2D eigenvalue weighted by Gasteiger charge is 2.29. The minimum absolute atomic E-state index is 0.114. The minimum Gasteiger partial charge on any atom is -0.473 e. The van der Waals surface area contributed by atoms with Crippen LogP contribution >= 0.6 is 0 Å². The third-order valence-electron chi connectivity index (χ3n) is 6.29. The Hall–Kier alpha value is -3.79. The number of primary amides is 1. The number of aromatic nitrogens is 3. The number of nitrogens with two attached hydrogens (primary N) is 1. The van der Waals surface area contributed by atoms with Gasteiger partial charge in [0.25, 0.3) is 0 Å². The van der Waals surface area contributed by atoms with Gasteiger partial charge in [-0.05, 0) is 11.6 Å². The van der Waals surface area contributed by atoms with E-state index in [2.05, 4.69) is 22.1 Å². The van der Waals surface area contributed by atoms with E-state index in [1.54, 1.807) is 24.2 Å². The Morgan fingerprint density at radius 1 is 1.12 bits per heavy atom. The minimum atomic E-state index is -0.468. The van der Waals surface area contributed by atoms with Crippen molar-refractivity contribution in [3.63, 3.8) is 0 Å². The zero-order valence-electron chi connectivity index (χ0n) is 18.9. The van der Waals surface area contributed by atoms with E-state index < -0.39 is 6.03 Å². The predicted molar refractivity (Wildman–Crippen MR) is 124 cm³/mol. The molecule has 0 radical (unpaired) electrons. The Morgan fingerprint density at radius 3 is 2.62 bits per heavy atom. The third-order valence-corrected chi connectivity index (χ3v) is 6.29. The number of fused-ring (bicyclic) bond motifs is 1. The lowest BCUT2D eigenvalue weighted by molar-refractivity contribution is -0.133. The first-order valence-electron chi connectivity index (χ1n) is 11.2. The van der Waals surface area contributed by atoms with Crippen LogP contribution in [0.15, 0.2) is 42.7 Å². The molecule has 0 spiro atoms. The van der Waals surface area contributed by atoms with Gasteiger partial charge in [-0.2, -0.15) is 0 Å². The van der Waals surface area contributed by atoms with Crippen LogP contribution in [-0.2, 0) is 9.53 Å². The topological polar surface area (TPSA) is 124 Å². The lowest BCUT2D eigenvalue weighted by Gasteiger charge is -2.39. The molecule has 10 nitrogen and oxygen atoms in total. The number of likely N-dealkylation sites (tertiary alicyclic amines) is 1. The summed E-state index contributed by atoms with van der Waals surface area (Å²) in [6.45, 7) is 4.56. The van der Waals surface area contributed by atoms with Gasteiger partial charge < -0.3 is 25.0 Å². The number of hydrogen-bond acceptors (Lipinski definition) is 7. The molecular weight excluding hydrogens is 436 g/mol. The molecule has 34 heavy (non-hydrogen) atoms. The average molecular weight is 463 g/mol. The van der Waals surface area contributed by atoms with Crippen LogP contribution in [0, 0.1) is 0 Å². The summed E-state index contributed by atoms with van der Waals surface area (Å²) in [5.41, 5.74) is 9.48. The molecule has 1 atom stereocenters.